The van der Waals surface area contributed by atoms with Crippen LogP contribution in [0.1, 0.15) is 0 Å². The summed E-state index contributed by atoms with van der Waals surface area (Å²) in [6, 6.07) is 132. The fraction of sp³-hybridized carbons (Fsp3) is 0. The van der Waals surface area contributed by atoms with Gasteiger partial charge >= 0.3 is 0 Å². The van der Waals surface area contributed by atoms with Gasteiger partial charge in [0.2, 0.25) is 0 Å². The molecule has 0 atom stereocenters. The third kappa shape index (κ3) is 12.8. The summed E-state index contributed by atoms with van der Waals surface area (Å²) in [6.07, 6.45) is 0. The van der Waals surface area contributed by atoms with Gasteiger partial charge < -0.3 is 22.5 Å². The van der Waals surface area contributed by atoms with Crippen molar-refractivity contribution in [1.82, 2.24) is 9.97 Å². The first kappa shape index (κ1) is 63.9. The van der Waals surface area contributed by atoms with Crippen molar-refractivity contribution < 1.29 is 9.13 Å². The van der Waals surface area contributed by atoms with Crippen LogP contribution in [0.2, 0.25) is 0 Å². The molecular formula is C91H68Br2N7+. The highest BCUT2D eigenvalue weighted by atomic mass is 79.9. The molecule has 7 nitrogen and oxygen atoms in total. The van der Waals surface area contributed by atoms with E-state index in [-0.39, 0.29) is 7.43 Å². The number of anilines is 8. The lowest BCUT2D eigenvalue weighted by Gasteiger charge is -2.26. The van der Waals surface area contributed by atoms with Crippen molar-refractivity contribution in [3.63, 3.8) is 0 Å². The van der Waals surface area contributed by atoms with Crippen LogP contribution in [0.15, 0.2) is 385 Å². The van der Waals surface area contributed by atoms with E-state index in [4.69, 9.17) is 0 Å². The smallest absolute Gasteiger partial charge is 0.292 e. The molecule has 0 amide bonds. The highest BCUT2D eigenvalue weighted by Crippen LogP contribution is 2.45. The second-order valence-electron chi connectivity index (χ2n) is 24.2. The Morgan fingerprint density at radius 2 is 0.520 bits per heavy atom. The Balaban J connectivity index is 0.000000150. The maximum Gasteiger partial charge on any atom is 0.292 e. The highest BCUT2D eigenvalue weighted by molar-refractivity contribution is 9.10. The van der Waals surface area contributed by atoms with Gasteiger partial charge in [-0.2, -0.15) is 9.13 Å². The first-order valence-corrected chi connectivity index (χ1v) is 34.7. The van der Waals surface area contributed by atoms with Gasteiger partial charge in [-0.1, -0.05) is 238 Å². The maximum atomic E-state index is 4.00. The van der Waals surface area contributed by atoms with E-state index in [2.05, 4.69) is 382 Å². The average Bonchev–Trinajstić information content (AvgIpc) is 1.47. The topological polar surface area (TPSA) is 57.9 Å². The first-order chi connectivity index (χ1) is 49.0. The summed E-state index contributed by atoms with van der Waals surface area (Å²) >= 11 is 7.38. The molecule has 3 N–H and O–H groups in total. The Morgan fingerprint density at radius 3 is 0.880 bits per heavy atom. The third-order valence-corrected chi connectivity index (χ3v) is 19.0. The number of halogens is 2. The Kier molecular flexibility index (Phi) is 18.5. The van der Waals surface area contributed by atoms with Crippen LogP contribution in [0, 0.1) is 7.43 Å². The molecule has 2 heterocycles. The second-order valence-corrected chi connectivity index (χ2v) is 26.0. The number of aromatic nitrogens is 4. The maximum absolute atomic E-state index is 4.00. The first-order valence-electron chi connectivity index (χ1n) is 33.1. The molecule has 0 spiro atoms. The van der Waals surface area contributed by atoms with Crippen LogP contribution >= 0.6 is 31.9 Å². The number of benzene rings is 16. The van der Waals surface area contributed by atoms with Gasteiger partial charge in [0, 0.05) is 76.0 Å². The Hall–Kier alpha value is -12.1. The molecule has 0 saturated carbocycles. The number of aromatic amines is 2. The molecule has 0 bridgehead atoms. The summed E-state index contributed by atoms with van der Waals surface area (Å²) < 4.78 is 6.89. The Labute approximate surface area is 599 Å². The van der Waals surface area contributed by atoms with E-state index >= 15 is 0 Å². The Morgan fingerprint density at radius 1 is 0.250 bits per heavy atom. The van der Waals surface area contributed by atoms with Crippen molar-refractivity contribution in [2.45, 2.75) is 0 Å². The van der Waals surface area contributed by atoms with E-state index in [9.17, 15) is 0 Å². The number of H-pyrrole nitrogens is 2. The lowest BCUT2D eigenvalue weighted by atomic mass is 9.97. The third-order valence-electron chi connectivity index (χ3n) is 18.0. The van der Waals surface area contributed by atoms with E-state index in [0.717, 1.165) is 116 Å². The number of fused-ring (bicyclic) bond motifs is 12. The van der Waals surface area contributed by atoms with Gasteiger partial charge in [0.1, 0.15) is 11.4 Å². The summed E-state index contributed by atoms with van der Waals surface area (Å²) in [5.41, 5.74) is 17.8. The van der Waals surface area contributed by atoms with Crippen molar-refractivity contribution in [3.8, 4) is 34.2 Å². The van der Waals surface area contributed by atoms with Crippen molar-refractivity contribution in [1.29, 1.82) is 0 Å². The molecule has 9 heteroatoms. The van der Waals surface area contributed by atoms with E-state index in [0.29, 0.717) is 0 Å². The summed E-state index contributed by atoms with van der Waals surface area (Å²) in [5.74, 6) is 2.09. The SMILES string of the molecule is Brc1ccc2c3ccc(Br)cc3c3c([nH]c(-c4ccccc4)[n+]3-c3ccccc3)c2c1.[CH3-].c1ccc(-c2[nH]c3c4cc(N(c5ccccc5)c5ccccc5)ccc4c4ccc(N(c5ccccc5)c5ccccc5)cc4c3[n+]2-c2ccccc2)cc1.c1ccc(Nc2ccccc2)cc1. The number of rotatable bonds is 12. The molecule has 16 aromatic carbocycles. The van der Waals surface area contributed by atoms with Gasteiger partial charge in [0.15, 0.2) is 22.1 Å². The minimum absolute atomic E-state index is 0. The van der Waals surface area contributed by atoms with E-state index in [1.165, 1.54) is 37.8 Å². The van der Waals surface area contributed by atoms with Crippen LogP contribution < -0.4 is 24.3 Å². The zero-order chi connectivity index (χ0) is 66.4. The summed E-state index contributed by atoms with van der Waals surface area (Å²) in [4.78, 5) is 12.5. The molecule has 0 aliphatic heterocycles. The van der Waals surface area contributed by atoms with Crippen molar-refractivity contribution in [2.24, 2.45) is 0 Å². The monoisotopic (exact) mass is 1420 g/mol. The summed E-state index contributed by atoms with van der Waals surface area (Å²) in [6.45, 7) is 0. The predicted octanol–water partition coefficient (Wildman–Crippen LogP) is 25.2. The fourth-order valence-corrected chi connectivity index (χ4v) is 14.3. The fourth-order valence-electron chi connectivity index (χ4n) is 13.6. The zero-order valence-corrected chi connectivity index (χ0v) is 58.0. The van der Waals surface area contributed by atoms with Crippen molar-refractivity contribution in [2.75, 3.05) is 15.1 Å². The quantitative estimate of drug-likeness (QED) is 0.0649. The molecule has 0 unspecified atom stereocenters. The number of para-hydroxylation sites is 8. The number of nitrogens with zero attached hydrogens (tertiary/aromatic N) is 4. The van der Waals surface area contributed by atoms with Crippen LogP contribution in [0.25, 0.3) is 99.3 Å². The highest BCUT2D eigenvalue weighted by Gasteiger charge is 2.30. The second kappa shape index (κ2) is 28.9. The number of imidazole rings is 2. The molecule has 18 rings (SSSR count). The Bertz CT molecular complexity index is 5700. The van der Waals surface area contributed by atoms with Gasteiger partial charge in [0.05, 0.1) is 11.1 Å². The predicted molar refractivity (Wildman–Crippen MR) is 428 cm³/mol. The number of nitrogens with one attached hydrogen (secondary N) is 3. The molecule has 100 heavy (non-hydrogen) atoms. The molecular weight excluding hydrogens is 1350 g/mol. The minimum Gasteiger partial charge on any atom is -0.358 e. The molecule has 18 aromatic rings. The van der Waals surface area contributed by atoms with E-state index in [1.54, 1.807) is 0 Å². The molecule has 0 aliphatic carbocycles. The van der Waals surface area contributed by atoms with Gasteiger partial charge in [-0.05, 0) is 191 Å². The van der Waals surface area contributed by atoms with E-state index in [1.807, 2.05) is 60.7 Å². The zero-order valence-electron chi connectivity index (χ0n) is 54.8. The standard InChI is InChI=1S/C51H36N4.C27H16Br2N2.C12H11N.CH3/c1-7-19-37(20-8-1)51-52-49-47-35-43(53(38-21-9-2-10-22-38)39-23-11-3-12-24-39)31-33-45(47)46-34-32-44(36-48(46)50(49)55(51)42-29-17-6-18-30-42)54(40-25-13-4-14-26-40)41-27-15-5-16-28-41;28-18-11-13-21-22-14-12-19(29)16-24(22)26-25(23(21)15-18)30-27(17-7-3-1-4-8-17)31(26)20-9-5-2-6-10-20;1-3-7-11(8-4-1)13-12-9-5-2-6-10-12;/h1-36H;1-16H;1-10,13H;1H3/q;;;-1/p+2. The van der Waals surface area contributed by atoms with Gasteiger partial charge in [-0.15, -0.1) is 0 Å². The van der Waals surface area contributed by atoms with Crippen LogP contribution in [0.5, 0.6) is 0 Å². The molecule has 2 aromatic heterocycles. The van der Waals surface area contributed by atoms with Crippen LogP contribution in [-0.4, -0.2) is 9.97 Å². The lowest BCUT2D eigenvalue weighted by molar-refractivity contribution is -0.554. The molecule has 0 saturated heterocycles. The normalized spacial score (nSPS) is 11.0. The van der Waals surface area contributed by atoms with Gasteiger partial charge in [0.25, 0.3) is 11.6 Å². The summed E-state index contributed by atoms with van der Waals surface area (Å²) in [5, 5.41) is 12.9. The van der Waals surface area contributed by atoms with Crippen LogP contribution in [-0.2, 0) is 0 Å². The van der Waals surface area contributed by atoms with E-state index < -0.39 is 0 Å². The minimum atomic E-state index is 0. The largest absolute Gasteiger partial charge is 0.358 e. The van der Waals surface area contributed by atoms with Crippen molar-refractivity contribution in [3.05, 3.63) is 392 Å². The van der Waals surface area contributed by atoms with Crippen LogP contribution in [0.3, 0.4) is 0 Å². The molecule has 480 valence electrons. The van der Waals surface area contributed by atoms with Crippen LogP contribution in [0.4, 0.5) is 45.5 Å². The number of hydrogen-bond donors (Lipinski definition) is 3. The summed E-state index contributed by atoms with van der Waals surface area (Å²) in [7, 11) is 0. The van der Waals surface area contributed by atoms with Gasteiger partial charge in [-0.25, -0.2) is 9.97 Å². The molecule has 0 radical (unpaired) electrons. The van der Waals surface area contributed by atoms with Gasteiger partial charge in [-0.3, -0.25) is 0 Å². The lowest BCUT2D eigenvalue weighted by Crippen LogP contribution is -2.32. The number of hydrogen-bond acceptors (Lipinski definition) is 3. The van der Waals surface area contributed by atoms with Crippen molar-refractivity contribution >= 4 is 143 Å². The average molecular weight is 1420 g/mol. The molecule has 0 fully saturated rings. The molecule has 0 aliphatic rings.